The second-order valence-corrected chi connectivity index (χ2v) is 3.64. The third-order valence-corrected chi connectivity index (χ3v) is 2.11. The van der Waals surface area contributed by atoms with Gasteiger partial charge in [0.25, 0.3) is 0 Å². The average molecular weight is 204 g/mol. The SMILES string of the molecule is CC(N)(CO)c1cc(Cl)ccc1F. The summed E-state index contributed by atoms with van der Waals surface area (Å²) >= 11 is 5.68. The van der Waals surface area contributed by atoms with Gasteiger partial charge in [-0.2, -0.15) is 0 Å². The molecule has 1 aromatic carbocycles. The van der Waals surface area contributed by atoms with Crippen LogP contribution in [0.15, 0.2) is 18.2 Å². The molecule has 0 radical (unpaired) electrons. The van der Waals surface area contributed by atoms with Gasteiger partial charge < -0.3 is 10.8 Å². The molecule has 0 aliphatic heterocycles. The van der Waals surface area contributed by atoms with E-state index in [-0.39, 0.29) is 12.2 Å². The molecule has 72 valence electrons. The number of hydrogen-bond acceptors (Lipinski definition) is 2. The third-order valence-electron chi connectivity index (χ3n) is 1.87. The number of aliphatic hydroxyl groups excluding tert-OH is 1. The van der Waals surface area contributed by atoms with Gasteiger partial charge >= 0.3 is 0 Å². The lowest BCUT2D eigenvalue weighted by atomic mass is 9.94. The van der Waals surface area contributed by atoms with E-state index in [1.165, 1.54) is 18.2 Å². The van der Waals surface area contributed by atoms with Crippen LogP contribution in [0.2, 0.25) is 5.02 Å². The van der Waals surface area contributed by atoms with Gasteiger partial charge in [-0.15, -0.1) is 0 Å². The first-order valence-corrected chi connectivity index (χ1v) is 4.20. The van der Waals surface area contributed by atoms with Crippen molar-refractivity contribution in [1.82, 2.24) is 0 Å². The lowest BCUT2D eigenvalue weighted by Gasteiger charge is -2.22. The van der Waals surface area contributed by atoms with Crippen LogP contribution in [0.3, 0.4) is 0 Å². The monoisotopic (exact) mass is 203 g/mol. The molecule has 13 heavy (non-hydrogen) atoms. The Bertz CT molecular complexity index is 314. The quantitative estimate of drug-likeness (QED) is 0.768. The van der Waals surface area contributed by atoms with Crippen molar-refractivity contribution in [2.24, 2.45) is 5.73 Å². The fourth-order valence-corrected chi connectivity index (χ4v) is 1.19. The summed E-state index contributed by atoms with van der Waals surface area (Å²) < 4.78 is 13.2. The predicted molar refractivity (Wildman–Crippen MR) is 50.0 cm³/mol. The molecule has 0 aromatic heterocycles. The Morgan fingerprint density at radius 1 is 1.62 bits per heavy atom. The second kappa shape index (κ2) is 3.62. The van der Waals surface area contributed by atoms with Gasteiger partial charge in [0.1, 0.15) is 5.82 Å². The Hall–Kier alpha value is -0.640. The Morgan fingerprint density at radius 3 is 2.77 bits per heavy atom. The highest BCUT2D eigenvalue weighted by Crippen LogP contribution is 2.23. The highest BCUT2D eigenvalue weighted by molar-refractivity contribution is 6.30. The summed E-state index contributed by atoms with van der Waals surface area (Å²) in [5.74, 6) is -0.455. The van der Waals surface area contributed by atoms with Crippen LogP contribution in [-0.4, -0.2) is 11.7 Å². The lowest BCUT2D eigenvalue weighted by molar-refractivity contribution is 0.206. The number of nitrogens with two attached hydrogens (primary N) is 1. The highest BCUT2D eigenvalue weighted by Gasteiger charge is 2.23. The van der Waals surface area contributed by atoms with E-state index >= 15 is 0 Å². The largest absolute Gasteiger partial charge is 0.394 e. The zero-order chi connectivity index (χ0) is 10.1. The molecule has 0 fully saturated rings. The molecule has 4 heteroatoms. The smallest absolute Gasteiger partial charge is 0.128 e. The highest BCUT2D eigenvalue weighted by atomic mass is 35.5. The van der Waals surface area contributed by atoms with Gasteiger partial charge in [-0.05, 0) is 25.1 Å². The molecule has 0 bridgehead atoms. The van der Waals surface area contributed by atoms with Crippen molar-refractivity contribution in [1.29, 1.82) is 0 Å². The number of halogens is 2. The number of aliphatic hydroxyl groups is 1. The normalized spacial score (nSPS) is 15.5. The molecule has 0 heterocycles. The first-order valence-electron chi connectivity index (χ1n) is 3.82. The molecule has 0 saturated heterocycles. The van der Waals surface area contributed by atoms with Crippen LogP contribution in [0.1, 0.15) is 12.5 Å². The Balaban J connectivity index is 3.20. The van der Waals surface area contributed by atoms with Crippen LogP contribution in [0, 0.1) is 5.82 Å². The van der Waals surface area contributed by atoms with Gasteiger partial charge in [-0.25, -0.2) is 4.39 Å². The minimum Gasteiger partial charge on any atom is -0.394 e. The summed E-state index contributed by atoms with van der Waals surface area (Å²) in [6.45, 7) is 1.21. The number of rotatable bonds is 2. The summed E-state index contributed by atoms with van der Waals surface area (Å²) in [4.78, 5) is 0. The molecule has 1 unspecified atom stereocenters. The number of hydrogen-bond donors (Lipinski definition) is 2. The van der Waals surface area contributed by atoms with Crippen LogP contribution >= 0.6 is 11.6 Å². The van der Waals surface area contributed by atoms with E-state index in [9.17, 15) is 4.39 Å². The molecule has 0 saturated carbocycles. The van der Waals surface area contributed by atoms with Gasteiger partial charge in [0, 0.05) is 10.6 Å². The van der Waals surface area contributed by atoms with Crippen LogP contribution in [0.25, 0.3) is 0 Å². The zero-order valence-corrected chi connectivity index (χ0v) is 7.98. The van der Waals surface area contributed by atoms with Crippen molar-refractivity contribution < 1.29 is 9.50 Å². The minimum atomic E-state index is -1.09. The maximum atomic E-state index is 13.2. The summed E-state index contributed by atoms with van der Waals surface area (Å²) in [5, 5.41) is 9.33. The van der Waals surface area contributed by atoms with E-state index in [4.69, 9.17) is 22.4 Å². The van der Waals surface area contributed by atoms with Crippen LogP contribution in [0.5, 0.6) is 0 Å². The molecule has 2 nitrogen and oxygen atoms in total. The lowest BCUT2D eigenvalue weighted by Crippen LogP contribution is -2.37. The average Bonchev–Trinajstić information content (AvgIpc) is 2.09. The van der Waals surface area contributed by atoms with E-state index in [0.717, 1.165) is 0 Å². The van der Waals surface area contributed by atoms with Gasteiger partial charge in [0.2, 0.25) is 0 Å². The first kappa shape index (κ1) is 10.4. The van der Waals surface area contributed by atoms with Crippen LogP contribution < -0.4 is 5.73 Å². The second-order valence-electron chi connectivity index (χ2n) is 3.20. The van der Waals surface area contributed by atoms with Crippen LogP contribution in [-0.2, 0) is 5.54 Å². The molecule has 1 rings (SSSR count). The zero-order valence-electron chi connectivity index (χ0n) is 7.22. The molecule has 0 spiro atoms. The van der Waals surface area contributed by atoms with E-state index in [1.807, 2.05) is 0 Å². The molecule has 0 aliphatic rings. The Labute approximate surface area is 81.1 Å². The predicted octanol–water partition coefficient (Wildman–Crippen LogP) is 1.65. The Kier molecular flexibility index (Phi) is 2.91. The third kappa shape index (κ3) is 2.18. The van der Waals surface area contributed by atoms with E-state index in [0.29, 0.717) is 5.02 Å². The molecular weight excluding hydrogens is 193 g/mol. The van der Waals surface area contributed by atoms with Gasteiger partial charge in [-0.3, -0.25) is 0 Å². The van der Waals surface area contributed by atoms with Gasteiger partial charge in [-0.1, -0.05) is 11.6 Å². The van der Waals surface area contributed by atoms with Crippen molar-refractivity contribution in [2.45, 2.75) is 12.5 Å². The van der Waals surface area contributed by atoms with E-state index in [2.05, 4.69) is 0 Å². The van der Waals surface area contributed by atoms with Gasteiger partial charge in [0.15, 0.2) is 0 Å². The maximum Gasteiger partial charge on any atom is 0.128 e. The fraction of sp³-hybridized carbons (Fsp3) is 0.333. The molecule has 0 amide bonds. The molecule has 1 atom stereocenters. The molecule has 3 N–H and O–H groups in total. The molecule has 0 aliphatic carbocycles. The fourth-order valence-electron chi connectivity index (χ4n) is 1.02. The van der Waals surface area contributed by atoms with Crippen molar-refractivity contribution in [3.05, 3.63) is 34.6 Å². The molecule has 1 aromatic rings. The van der Waals surface area contributed by atoms with Crippen LogP contribution in [0.4, 0.5) is 4.39 Å². The maximum absolute atomic E-state index is 13.2. The first-order chi connectivity index (χ1) is 5.97. The topological polar surface area (TPSA) is 46.2 Å². The van der Waals surface area contributed by atoms with E-state index < -0.39 is 11.4 Å². The minimum absolute atomic E-state index is 0.225. The van der Waals surface area contributed by atoms with Gasteiger partial charge in [0.05, 0.1) is 12.1 Å². The van der Waals surface area contributed by atoms with E-state index in [1.54, 1.807) is 6.92 Å². The number of benzene rings is 1. The summed E-state index contributed by atoms with van der Waals surface area (Å²) in [6.07, 6.45) is 0. The summed E-state index contributed by atoms with van der Waals surface area (Å²) in [7, 11) is 0. The summed E-state index contributed by atoms with van der Waals surface area (Å²) in [5.41, 5.74) is 4.79. The standard InChI is InChI=1S/C9H11ClFNO/c1-9(12,5-13)7-4-6(10)2-3-8(7)11/h2-4,13H,5,12H2,1H3. The van der Waals surface area contributed by atoms with Crippen molar-refractivity contribution >= 4 is 11.6 Å². The molecular formula is C9H11ClFNO. The summed E-state index contributed by atoms with van der Waals surface area (Å²) in [6, 6.07) is 4.10. The van der Waals surface area contributed by atoms with Crippen molar-refractivity contribution in [3.63, 3.8) is 0 Å². The van der Waals surface area contributed by atoms with Crippen molar-refractivity contribution in [2.75, 3.05) is 6.61 Å². The Morgan fingerprint density at radius 2 is 2.23 bits per heavy atom. The van der Waals surface area contributed by atoms with Crippen molar-refractivity contribution in [3.8, 4) is 0 Å².